The number of hydrogen-bond donors (Lipinski definition) is 1. The van der Waals surface area contributed by atoms with Crippen LogP contribution in [0.5, 0.6) is 0 Å². The van der Waals surface area contributed by atoms with Crippen LogP contribution in [0.2, 0.25) is 5.02 Å². The number of piperidine rings is 1. The molecule has 1 aromatic heterocycles. The van der Waals surface area contributed by atoms with Gasteiger partial charge in [0.05, 0.1) is 11.4 Å². The minimum Gasteiger partial charge on any atom is -0.385 e. The van der Waals surface area contributed by atoms with Crippen LogP contribution in [0.15, 0.2) is 24.3 Å². The Hall–Kier alpha value is -1.40. The molecule has 1 saturated heterocycles. The quantitative estimate of drug-likeness (QED) is 0.697. The number of likely N-dealkylation sites (tertiary alicyclic amines) is 1. The summed E-state index contributed by atoms with van der Waals surface area (Å²) in [7, 11) is 1.77. The largest absolute Gasteiger partial charge is 0.385 e. The van der Waals surface area contributed by atoms with E-state index in [1.165, 1.54) is 37.2 Å². The van der Waals surface area contributed by atoms with Gasteiger partial charge in [0.1, 0.15) is 0 Å². The van der Waals surface area contributed by atoms with Crippen LogP contribution in [0.1, 0.15) is 36.2 Å². The van der Waals surface area contributed by atoms with Gasteiger partial charge in [0.15, 0.2) is 0 Å². The molecule has 0 saturated carbocycles. The number of ether oxygens (including phenoxy) is 1. The van der Waals surface area contributed by atoms with E-state index in [0.717, 1.165) is 42.5 Å². The van der Waals surface area contributed by atoms with Crippen molar-refractivity contribution in [2.45, 2.75) is 45.7 Å². The number of aryl methyl sites for hydroxylation is 1. The molecule has 0 amide bonds. The lowest BCUT2D eigenvalue weighted by molar-refractivity contribution is 0.152. The Bertz CT molecular complexity index is 721. The van der Waals surface area contributed by atoms with Crippen LogP contribution < -0.4 is 5.32 Å². The summed E-state index contributed by atoms with van der Waals surface area (Å²) in [5.74, 6) is 0. The summed E-state index contributed by atoms with van der Waals surface area (Å²) in [5, 5.41) is 9.24. The minimum atomic E-state index is 0.585. The van der Waals surface area contributed by atoms with Gasteiger partial charge >= 0.3 is 0 Å². The molecule has 3 rings (SSSR count). The fraction of sp³-hybridized carbons (Fsp3) is 0.571. The summed E-state index contributed by atoms with van der Waals surface area (Å²) < 4.78 is 7.17. The van der Waals surface area contributed by atoms with Gasteiger partial charge in [0.25, 0.3) is 0 Å². The zero-order valence-corrected chi connectivity index (χ0v) is 17.4. The summed E-state index contributed by atoms with van der Waals surface area (Å²) in [6.07, 6.45) is 3.53. The van der Waals surface area contributed by atoms with Crippen molar-refractivity contribution in [3.63, 3.8) is 0 Å². The normalized spacial score (nSPS) is 16.1. The first-order valence-electron chi connectivity index (χ1n) is 9.84. The van der Waals surface area contributed by atoms with Crippen molar-refractivity contribution in [1.82, 2.24) is 20.0 Å². The van der Waals surface area contributed by atoms with Crippen molar-refractivity contribution < 1.29 is 4.74 Å². The summed E-state index contributed by atoms with van der Waals surface area (Å²) >= 11 is 6.01. The SMILES string of the molecule is COCCCN1CCC(NCc2c(C)nn(-c3ccc(Cl)cc3)c2C)CC1. The predicted octanol–water partition coefficient (Wildman–Crippen LogP) is 3.73. The molecule has 2 aromatic rings. The molecule has 0 aliphatic carbocycles. The van der Waals surface area contributed by atoms with Crippen LogP contribution in [0.3, 0.4) is 0 Å². The molecule has 0 bridgehead atoms. The monoisotopic (exact) mass is 390 g/mol. The number of methoxy groups -OCH3 is 1. The molecule has 1 aliphatic heterocycles. The third-order valence-corrected chi connectivity index (χ3v) is 5.74. The Balaban J connectivity index is 1.54. The molecule has 2 heterocycles. The van der Waals surface area contributed by atoms with E-state index in [4.69, 9.17) is 21.4 Å². The topological polar surface area (TPSA) is 42.3 Å². The fourth-order valence-corrected chi connectivity index (χ4v) is 3.93. The molecule has 0 atom stereocenters. The molecular formula is C21H31ClN4O. The molecule has 1 aromatic carbocycles. The van der Waals surface area contributed by atoms with E-state index >= 15 is 0 Å². The van der Waals surface area contributed by atoms with Crippen molar-refractivity contribution >= 4 is 11.6 Å². The molecule has 0 spiro atoms. The van der Waals surface area contributed by atoms with Crippen molar-refractivity contribution in [3.05, 3.63) is 46.2 Å². The maximum Gasteiger partial charge on any atom is 0.0649 e. The van der Waals surface area contributed by atoms with Crippen molar-refractivity contribution in [2.24, 2.45) is 0 Å². The predicted molar refractivity (Wildman–Crippen MR) is 111 cm³/mol. The van der Waals surface area contributed by atoms with Gasteiger partial charge in [-0.1, -0.05) is 11.6 Å². The third kappa shape index (κ3) is 5.32. The highest BCUT2D eigenvalue weighted by Crippen LogP contribution is 2.20. The Morgan fingerprint density at radius 3 is 2.56 bits per heavy atom. The lowest BCUT2D eigenvalue weighted by Crippen LogP contribution is -2.42. The van der Waals surface area contributed by atoms with Gasteiger partial charge in [-0.15, -0.1) is 0 Å². The lowest BCUT2D eigenvalue weighted by Gasteiger charge is -2.32. The first-order chi connectivity index (χ1) is 13.1. The van der Waals surface area contributed by atoms with Gasteiger partial charge in [0, 0.05) is 49.1 Å². The highest BCUT2D eigenvalue weighted by atomic mass is 35.5. The first-order valence-corrected chi connectivity index (χ1v) is 10.2. The second-order valence-corrected chi connectivity index (χ2v) is 7.82. The summed E-state index contributed by atoms with van der Waals surface area (Å²) in [6.45, 7) is 9.45. The molecule has 0 unspecified atom stereocenters. The molecule has 6 heteroatoms. The minimum absolute atomic E-state index is 0.585. The van der Waals surface area contributed by atoms with E-state index in [1.807, 2.05) is 28.9 Å². The summed E-state index contributed by atoms with van der Waals surface area (Å²) in [5.41, 5.74) is 4.63. The second kappa shape index (κ2) is 9.69. The zero-order valence-electron chi connectivity index (χ0n) is 16.7. The molecule has 27 heavy (non-hydrogen) atoms. The summed E-state index contributed by atoms with van der Waals surface area (Å²) in [6, 6.07) is 8.43. The van der Waals surface area contributed by atoms with E-state index < -0.39 is 0 Å². The molecule has 1 aliphatic rings. The second-order valence-electron chi connectivity index (χ2n) is 7.38. The van der Waals surface area contributed by atoms with E-state index in [9.17, 15) is 0 Å². The number of hydrogen-bond acceptors (Lipinski definition) is 4. The molecule has 0 radical (unpaired) electrons. The van der Waals surface area contributed by atoms with Crippen molar-refractivity contribution in [3.8, 4) is 5.69 Å². The van der Waals surface area contributed by atoms with Gasteiger partial charge in [-0.3, -0.25) is 0 Å². The van der Waals surface area contributed by atoms with E-state index in [2.05, 4.69) is 24.1 Å². The van der Waals surface area contributed by atoms with Crippen molar-refractivity contribution in [1.29, 1.82) is 0 Å². The van der Waals surface area contributed by atoms with E-state index in [1.54, 1.807) is 7.11 Å². The van der Waals surface area contributed by atoms with Crippen LogP contribution >= 0.6 is 11.6 Å². The Morgan fingerprint density at radius 2 is 1.89 bits per heavy atom. The molecule has 148 valence electrons. The number of nitrogens with one attached hydrogen (secondary N) is 1. The van der Waals surface area contributed by atoms with Crippen molar-refractivity contribution in [2.75, 3.05) is 33.4 Å². The van der Waals surface area contributed by atoms with Gasteiger partial charge in [-0.2, -0.15) is 5.10 Å². The first kappa shape index (κ1) is 20.3. The number of benzene rings is 1. The van der Waals surface area contributed by atoms with Crippen LogP contribution in [-0.4, -0.2) is 54.1 Å². The Morgan fingerprint density at radius 1 is 1.19 bits per heavy atom. The van der Waals surface area contributed by atoms with Crippen LogP contribution in [0.25, 0.3) is 5.69 Å². The number of rotatable bonds is 8. The van der Waals surface area contributed by atoms with Gasteiger partial charge in [-0.25, -0.2) is 4.68 Å². The molecule has 1 fully saturated rings. The highest BCUT2D eigenvalue weighted by molar-refractivity contribution is 6.30. The number of nitrogens with zero attached hydrogens (tertiary/aromatic N) is 3. The van der Waals surface area contributed by atoms with Gasteiger partial charge < -0.3 is 15.0 Å². The third-order valence-electron chi connectivity index (χ3n) is 5.49. The molecular weight excluding hydrogens is 360 g/mol. The Labute approximate surface area is 167 Å². The number of aromatic nitrogens is 2. The maximum absolute atomic E-state index is 6.01. The van der Waals surface area contributed by atoms with Crippen LogP contribution in [-0.2, 0) is 11.3 Å². The average Bonchev–Trinajstić information content (AvgIpc) is 2.96. The molecule has 5 nitrogen and oxygen atoms in total. The van der Waals surface area contributed by atoms with Gasteiger partial charge in [-0.05, 0) is 70.5 Å². The number of halogens is 1. The van der Waals surface area contributed by atoms with E-state index in [0.29, 0.717) is 6.04 Å². The lowest BCUT2D eigenvalue weighted by atomic mass is 10.0. The maximum atomic E-state index is 6.01. The average molecular weight is 391 g/mol. The molecule has 1 N–H and O–H groups in total. The fourth-order valence-electron chi connectivity index (χ4n) is 3.80. The smallest absolute Gasteiger partial charge is 0.0649 e. The zero-order chi connectivity index (χ0) is 19.2. The highest BCUT2D eigenvalue weighted by Gasteiger charge is 2.20. The van der Waals surface area contributed by atoms with E-state index in [-0.39, 0.29) is 0 Å². The standard InChI is InChI=1S/C21H31ClN4O/c1-16-21(17(2)26(24-16)20-7-5-18(22)6-8-20)15-23-19-9-12-25(13-10-19)11-4-14-27-3/h5-8,19,23H,4,9-15H2,1-3H3. The Kier molecular flexibility index (Phi) is 7.30. The van der Waals surface area contributed by atoms with Crippen LogP contribution in [0.4, 0.5) is 0 Å². The summed E-state index contributed by atoms with van der Waals surface area (Å²) in [4.78, 5) is 2.55. The van der Waals surface area contributed by atoms with Gasteiger partial charge in [0.2, 0.25) is 0 Å². The van der Waals surface area contributed by atoms with Crippen LogP contribution in [0, 0.1) is 13.8 Å².